The molecule has 4 N–H and O–H groups in total. The van der Waals surface area contributed by atoms with Crippen molar-refractivity contribution in [3.8, 4) is 28.0 Å². The summed E-state index contributed by atoms with van der Waals surface area (Å²) in [5, 5.41) is 11.9. The minimum atomic E-state index is -1.32. The summed E-state index contributed by atoms with van der Waals surface area (Å²) >= 11 is 0. The number of aliphatic hydroxyl groups excluding tert-OH is 1. The number of benzene rings is 4. The Labute approximate surface area is 206 Å². The zero-order valence-corrected chi connectivity index (χ0v) is 19.8. The van der Waals surface area contributed by atoms with E-state index in [0.29, 0.717) is 12.3 Å². The summed E-state index contributed by atoms with van der Waals surface area (Å²) in [6, 6.07) is 34.4. The third kappa shape index (κ3) is 6.35. The van der Waals surface area contributed by atoms with Crippen molar-refractivity contribution >= 4 is 11.6 Å². The molecule has 178 valence electrons. The molecule has 5 nitrogen and oxygen atoms in total. The first kappa shape index (κ1) is 24.2. The average molecular weight is 467 g/mol. The maximum absolute atomic E-state index is 12.1. The number of aliphatic hydroxyl groups is 1. The molecule has 4 aromatic carbocycles. The molecule has 4 rings (SSSR count). The highest BCUT2D eigenvalue weighted by molar-refractivity contribution is 5.97. The second kappa shape index (κ2) is 11.0. The van der Waals surface area contributed by atoms with E-state index in [1.54, 1.807) is 0 Å². The van der Waals surface area contributed by atoms with Crippen molar-refractivity contribution in [2.75, 3.05) is 18.5 Å². The van der Waals surface area contributed by atoms with Crippen LogP contribution in [0.4, 0.5) is 5.69 Å². The number of nitrogens with two attached hydrogens (primary N) is 1. The van der Waals surface area contributed by atoms with Gasteiger partial charge in [0.2, 0.25) is 5.91 Å². The first-order chi connectivity index (χ1) is 16.9. The molecule has 0 saturated carbocycles. The van der Waals surface area contributed by atoms with Crippen LogP contribution in [-0.2, 0) is 11.2 Å². The lowest BCUT2D eigenvalue weighted by Crippen LogP contribution is -2.51. The second-order valence-electron chi connectivity index (χ2n) is 8.79. The molecule has 0 bridgehead atoms. The van der Waals surface area contributed by atoms with Gasteiger partial charge in [0.05, 0.1) is 13.2 Å². The van der Waals surface area contributed by atoms with Gasteiger partial charge in [0.1, 0.15) is 11.3 Å². The zero-order chi connectivity index (χ0) is 24.7. The normalized spacial score (nSPS) is 12.5. The van der Waals surface area contributed by atoms with Crippen LogP contribution in [0.2, 0.25) is 0 Å². The lowest BCUT2D eigenvalue weighted by atomic mass is 10.0. The number of amides is 1. The molecule has 1 amide bonds. The molecule has 5 heteroatoms. The maximum atomic E-state index is 12.1. The van der Waals surface area contributed by atoms with Crippen LogP contribution >= 0.6 is 0 Å². The van der Waals surface area contributed by atoms with Crippen molar-refractivity contribution in [3.05, 3.63) is 109 Å². The van der Waals surface area contributed by atoms with Crippen LogP contribution < -0.4 is 15.8 Å². The van der Waals surface area contributed by atoms with Gasteiger partial charge in [0, 0.05) is 12.1 Å². The van der Waals surface area contributed by atoms with Crippen molar-refractivity contribution in [1.29, 1.82) is 0 Å². The summed E-state index contributed by atoms with van der Waals surface area (Å²) in [5.74, 6) is 0.395. The van der Waals surface area contributed by atoms with E-state index in [9.17, 15) is 9.90 Å². The smallest absolute Gasteiger partial charge is 0.246 e. The summed E-state index contributed by atoms with van der Waals surface area (Å²) in [4.78, 5) is 12.1. The van der Waals surface area contributed by atoms with Gasteiger partial charge in [-0.25, -0.2) is 0 Å². The molecule has 0 spiro atoms. The number of anilines is 1. The van der Waals surface area contributed by atoms with Crippen molar-refractivity contribution in [2.24, 2.45) is 5.73 Å². The van der Waals surface area contributed by atoms with Gasteiger partial charge >= 0.3 is 0 Å². The van der Waals surface area contributed by atoms with Crippen LogP contribution in [0.3, 0.4) is 0 Å². The van der Waals surface area contributed by atoms with E-state index < -0.39 is 18.1 Å². The number of carbonyl (C=O) groups excluding carboxylic acids is 1. The monoisotopic (exact) mass is 466 g/mol. The quantitative estimate of drug-likeness (QED) is 0.313. The standard InChI is InChI=1S/C30H30N2O3/c1-30(31,21-33)29(34)32-27-15-11-25(12-16-27)26-13-17-28(18-14-26)35-20-19-22-7-9-24(10-8-22)23-5-3-2-4-6-23/h2-18,33H,19-21,31H2,1H3,(H,32,34)/t30-/m0/s1. The highest BCUT2D eigenvalue weighted by Gasteiger charge is 2.27. The molecule has 0 aliphatic heterocycles. The molecule has 0 heterocycles. The summed E-state index contributed by atoms with van der Waals surface area (Å²) in [6.45, 7) is 1.67. The number of carbonyl (C=O) groups is 1. The Hall–Kier alpha value is -3.93. The van der Waals surface area contributed by atoms with Crippen LogP contribution in [-0.4, -0.2) is 29.8 Å². The molecule has 0 saturated heterocycles. The zero-order valence-electron chi connectivity index (χ0n) is 19.8. The SMILES string of the molecule is C[C@](N)(CO)C(=O)Nc1ccc(-c2ccc(OCCc3ccc(-c4ccccc4)cc3)cc2)cc1. The largest absolute Gasteiger partial charge is 0.493 e. The van der Waals surface area contributed by atoms with E-state index in [1.807, 2.05) is 66.7 Å². The van der Waals surface area contributed by atoms with E-state index in [0.717, 1.165) is 23.3 Å². The molecule has 35 heavy (non-hydrogen) atoms. The fourth-order valence-corrected chi connectivity index (χ4v) is 3.62. The Morgan fingerprint density at radius 2 is 1.31 bits per heavy atom. The Balaban J connectivity index is 1.28. The van der Waals surface area contributed by atoms with Gasteiger partial charge in [0.15, 0.2) is 0 Å². The van der Waals surface area contributed by atoms with E-state index in [-0.39, 0.29) is 0 Å². The first-order valence-corrected chi connectivity index (χ1v) is 11.6. The highest BCUT2D eigenvalue weighted by Crippen LogP contribution is 2.25. The van der Waals surface area contributed by atoms with E-state index >= 15 is 0 Å². The molecule has 0 fully saturated rings. The minimum absolute atomic E-state index is 0.425. The van der Waals surface area contributed by atoms with Gasteiger partial charge in [-0.3, -0.25) is 4.79 Å². The van der Waals surface area contributed by atoms with Crippen molar-refractivity contribution < 1.29 is 14.6 Å². The predicted octanol–water partition coefficient (Wildman–Crippen LogP) is 5.29. The van der Waals surface area contributed by atoms with Gasteiger partial charge in [-0.1, -0.05) is 78.9 Å². The van der Waals surface area contributed by atoms with Crippen LogP contribution in [0.5, 0.6) is 5.75 Å². The van der Waals surface area contributed by atoms with Crippen LogP contribution in [0.1, 0.15) is 12.5 Å². The third-order valence-corrected chi connectivity index (χ3v) is 5.90. The molecule has 0 unspecified atom stereocenters. The van der Waals surface area contributed by atoms with E-state index in [1.165, 1.54) is 23.6 Å². The van der Waals surface area contributed by atoms with E-state index in [4.69, 9.17) is 10.5 Å². The number of ether oxygens (including phenoxy) is 1. The van der Waals surface area contributed by atoms with Crippen LogP contribution in [0, 0.1) is 0 Å². The summed E-state index contributed by atoms with van der Waals surface area (Å²) in [6.07, 6.45) is 0.835. The topological polar surface area (TPSA) is 84.6 Å². The van der Waals surface area contributed by atoms with Crippen molar-refractivity contribution in [2.45, 2.75) is 18.9 Å². The Morgan fingerprint density at radius 3 is 1.89 bits per heavy atom. The molecular formula is C30H30N2O3. The number of hydrogen-bond acceptors (Lipinski definition) is 4. The lowest BCUT2D eigenvalue weighted by molar-refractivity contribution is -0.121. The molecule has 0 aliphatic rings. The van der Waals surface area contributed by atoms with Gasteiger partial charge < -0.3 is 20.9 Å². The molecule has 0 aromatic heterocycles. The molecule has 1 atom stereocenters. The number of hydrogen-bond donors (Lipinski definition) is 3. The van der Waals surface area contributed by atoms with Crippen molar-refractivity contribution in [3.63, 3.8) is 0 Å². The minimum Gasteiger partial charge on any atom is -0.493 e. The highest BCUT2D eigenvalue weighted by atomic mass is 16.5. The summed E-state index contributed by atoms with van der Waals surface area (Å²) in [7, 11) is 0. The van der Waals surface area contributed by atoms with Crippen LogP contribution in [0.15, 0.2) is 103 Å². The average Bonchev–Trinajstić information content (AvgIpc) is 2.90. The molecule has 0 radical (unpaired) electrons. The maximum Gasteiger partial charge on any atom is 0.246 e. The molecule has 4 aromatic rings. The fourth-order valence-electron chi connectivity index (χ4n) is 3.62. The van der Waals surface area contributed by atoms with Crippen LogP contribution in [0.25, 0.3) is 22.3 Å². The van der Waals surface area contributed by atoms with Gasteiger partial charge in [0.25, 0.3) is 0 Å². The fraction of sp³-hybridized carbons (Fsp3) is 0.167. The summed E-state index contributed by atoms with van der Waals surface area (Å²) in [5.41, 5.74) is 10.8. The van der Waals surface area contributed by atoms with E-state index in [2.05, 4.69) is 41.7 Å². The molecular weight excluding hydrogens is 436 g/mol. The Bertz CT molecular complexity index is 1230. The second-order valence-corrected chi connectivity index (χ2v) is 8.79. The number of rotatable bonds is 9. The van der Waals surface area contributed by atoms with Gasteiger partial charge in [-0.05, 0) is 59.0 Å². The number of nitrogens with one attached hydrogen (secondary N) is 1. The lowest BCUT2D eigenvalue weighted by Gasteiger charge is -2.20. The molecule has 0 aliphatic carbocycles. The third-order valence-electron chi connectivity index (χ3n) is 5.90. The summed E-state index contributed by atoms with van der Waals surface area (Å²) < 4.78 is 5.94. The van der Waals surface area contributed by atoms with Gasteiger partial charge in [-0.2, -0.15) is 0 Å². The Morgan fingerprint density at radius 1 is 0.800 bits per heavy atom. The Kier molecular flexibility index (Phi) is 7.60. The predicted molar refractivity (Wildman–Crippen MR) is 141 cm³/mol. The van der Waals surface area contributed by atoms with Crippen molar-refractivity contribution in [1.82, 2.24) is 0 Å². The van der Waals surface area contributed by atoms with Gasteiger partial charge in [-0.15, -0.1) is 0 Å². The first-order valence-electron chi connectivity index (χ1n) is 11.6.